The first-order valence-corrected chi connectivity index (χ1v) is 6.33. The van der Waals surface area contributed by atoms with Crippen molar-refractivity contribution in [1.29, 1.82) is 0 Å². The molecular weight excluding hydrogens is 244 g/mol. The number of nitrogens with zero attached hydrogens (tertiary/aromatic N) is 2. The average molecular weight is 258 g/mol. The normalized spacial score (nSPS) is 14.9. The van der Waals surface area contributed by atoms with Gasteiger partial charge in [-0.3, -0.25) is 9.78 Å². The zero-order valence-corrected chi connectivity index (χ0v) is 10.4. The van der Waals surface area contributed by atoms with Crippen LogP contribution in [0, 0.1) is 0 Å². The summed E-state index contributed by atoms with van der Waals surface area (Å²) >= 11 is 0. The Hall–Kier alpha value is -2.17. The molecule has 2 aromatic heterocycles. The molecule has 19 heavy (non-hydrogen) atoms. The van der Waals surface area contributed by atoms with Crippen LogP contribution in [0.15, 0.2) is 29.0 Å². The largest absolute Gasteiger partial charge is 0.461 e. The lowest BCUT2D eigenvalue weighted by molar-refractivity contribution is -0.129. The van der Waals surface area contributed by atoms with Crippen LogP contribution >= 0.6 is 0 Å². The van der Waals surface area contributed by atoms with E-state index in [0.717, 1.165) is 17.1 Å². The van der Waals surface area contributed by atoms with Gasteiger partial charge in [-0.1, -0.05) is 6.42 Å². The molecule has 0 spiro atoms. The Bertz CT molecular complexity index is 558. The summed E-state index contributed by atoms with van der Waals surface area (Å²) in [7, 11) is 0. The number of carbonyl (C=O) groups excluding carboxylic acids is 1. The molecule has 0 unspecified atom stereocenters. The van der Waals surface area contributed by atoms with Crippen LogP contribution in [0.1, 0.15) is 36.8 Å². The number of rotatable bonds is 5. The van der Waals surface area contributed by atoms with Crippen molar-refractivity contribution in [2.45, 2.75) is 31.8 Å². The van der Waals surface area contributed by atoms with E-state index in [9.17, 15) is 4.79 Å². The average Bonchev–Trinajstić information content (AvgIpc) is 2.84. The summed E-state index contributed by atoms with van der Waals surface area (Å²) in [5.74, 6) is 1.32. The van der Waals surface area contributed by atoms with Crippen LogP contribution < -0.4 is 0 Å². The van der Waals surface area contributed by atoms with Gasteiger partial charge < -0.3 is 9.15 Å². The molecule has 1 aliphatic rings. The molecular formula is C14H14N2O3. The van der Waals surface area contributed by atoms with Crippen molar-refractivity contribution in [1.82, 2.24) is 9.97 Å². The maximum absolute atomic E-state index is 10.1. The van der Waals surface area contributed by atoms with Crippen LogP contribution in [0.4, 0.5) is 0 Å². The zero-order valence-electron chi connectivity index (χ0n) is 10.4. The van der Waals surface area contributed by atoms with Crippen LogP contribution in [0.5, 0.6) is 0 Å². The Balaban J connectivity index is 1.73. The molecule has 0 saturated heterocycles. The van der Waals surface area contributed by atoms with Crippen molar-refractivity contribution >= 4 is 6.47 Å². The van der Waals surface area contributed by atoms with Crippen molar-refractivity contribution < 1.29 is 13.9 Å². The minimum atomic E-state index is 0.190. The molecule has 5 nitrogen and oxygen atoms in total. The highest BCUT2D eigenvalue weighted by atomic mass is 16.5. The van der Waals surface area contributed by atoms with Gasteiger partial charge in [0, 0.05) is 17.7 Å². The molecule has 2 heterocycles. The lowest BCUT2D eigenvalue weighted by atomic mass is 9.85. The minimum Gasteiger partial charge on any atom is -0.461 e. The van der Waals surface area contributed by atoms with Crippen molar-refractivity contribution in [2.24, 2.45) is 0 Å². The second-order valence-electron chi connectivity index (χ2n) is 4.64. The smallest absolute Gasteiger partial charge is 0.293 e. The fourth-order valence-corrected chi connectivity index (χ4v) is 2.04. The number of pyridine rings is 1. The first-order chi connectivity index (χ1) is 9.36. The maximum Gasteiger partial charge on any atom is 0.293 e. The van der Waals surface area contributed by atoms with Gasteiger partial charge in [0.15, 0.2) is 5.89 Å². The monoisotopic (exact) mass is 258 g/mol. The number of ether oxygens (including phenoxy) is 1. The first-order valence-electron chi connectivity index (χ1n) is 6.33. The van der Waals surface area contributed by atoms with E-state index in [1.54, 1.807) is 12.5 Å². The highest BCUT2D eigenvalue weighted by Crippen LogP contribution is 2.36. The molecule has 0 aromatic carbocycles. The van der Waals surface area contributed by atoms with Gasteiger partial charge in [-0.2, -0.15) is 0 Å². The minimum absolute atomic E-state index is 0.190. The summed E-state index contributed by atoms with van der Waals surface area (Å²) in [6, 6.07) is 3.72. The number of oxazole rings is 1. The molecule has 0 amide bonds. The molecule has 0 aliphatic heterocycles. The Labute approximate surface area is 110 Å². The van der Waals surface area contributed by atoms with Crippen molar-refractivity contribution in [3.05, 3.63) is 36.2 Å². The fourth-order valence-electron chi connectivity index (χ4n) is 2.04. The first kappa shape index (κ1) is 11.9. The van der Waals surface area contributed by atoms with E-state index in [2.05, 4.69) is 14.7 Å². The Morgan fingerprint density at radius 1 is 1.42 bits per heavy atom. The lowest BCUT2D eigenvalue weighted by Gasteiger charge is -2.21. The number of hydrogen-bond acceptors (Lipinski definition) is 5. The molecule has 1 fully saturated rings. The van der Waals surface area contributed by atoms with Gasteiger partial charge in [0.05, 0.1) is 5.69 Å². The van der Waals surface area contributed by atoms with Crippen LogP contribution in [0.2, 0.25) is 0 Å². The highest BCUT2D eigenvalue weighted by Gasteiger charge is 2.24. The number of carbonyl (C=O) groups is 1. The second-order valence-corrected chi connectivity index (χ2v) is 4.64. The molecule has 98 valence electrons. The van der Waals surface area contributed by atoms with Crippen LogP contribution in [-0.2, 0) is 16.1 Å². The third-order valence-corrected chi connectivity index (χ3v) is 3.40. The lowest BCUT2D eigenvalue weighted by Crippen LogP contribution is -2.08. The zero-order chi connectivity index (χ0) is 13.1. The van der Waals surface area contributed by atoms with Crippen molar-refractivity contribution in [2.75, 3.05) is 0 Å². The summed E-state index contributed by atoms with van der Waals surface area (Å²) < 4.78 is 10.2. The van der Waals surface area contributed by atoms with Crippen LogP contribution in [-0.4, -0.2) is 16.4 Å². The van der Waals surface area contributed by atoms with Gasteiger partial charge in [-0.25, -0.2) is 4.98 Å². The second kappa shape index (κ2) is 5.22. The summed E-state index contributed by atoms with van der Waals surface area (Å²) in [4.78, 5) is 18.8. The predicted molar refractivity (Wildman–Crippen MR) is 67.2 cm³/mol. The number of hydrogen-bond donors (Lipinski definition) is 0. The third kappa shape index (κ3) is 2.50. The summed E-state index contributed by atoms with van der Waals surface area (Å²) in [5.41, 5.74) is 2.42. The van der Waals surface area contributed by atoms with E-state index < -0.39 is 0 Å². The van der Waals surface area contributed by atoms with Gasteiger partial charge in [0.25, 0.3) is 6.47 Å². The maximum atomic E-state index is 10.1. The van der Waals surface area contributed by atoms with E-state index in [1.807, 2.05) is 12.1 Å². The van der Waals surface area contributed by atoms with E-state index in [-0.39, 0.29) is 6.61 Å². The fraction of sp³-hybridized carbons (Fsp3) is 0.357. The third-order valence-electron chi connectivity index (χ3n) is 3.40. The topological polar surface area (TPSA) is 65.2 Å². The van der Waals surface area contributed by atoms with E-state index in [4.69, 9.17) is 4.42 Å². The molecule has 1 aliphatic carbocycles. The van der Waals surface area contributed by atoms with Crippen LogP contribution in [0.25, 0.3) is 11.3 Å². The molecule has 1 saturated carbocycles. The van der Waals surface area contributed by atoms with Crippen LogP contribution in [0.3, 0.4) is 0 Å². The molecule has 0 N–H and O–H groups in total. The van der Waals surface area contributed by atoms with Gasteiger partial charge in [-0.15, -0.1) is 0 Å². The quantitative estimate of drug-likeness (QED) is 0.771. The molecule has 5 heteroatoms. The van der Waals surface area contributed by atoms with E-state index in [1.165, 1.54) is 19.3 Å². The Morgan fingerprint density at radius 3 is 2.95 bits per heavy atom. The summed E-state index contributed by atoms with van der Waals surface area (Å²) in [6.45, 7) is 0.605. The predicted octanol–water partition coefficient (Wildman–Crippen LogP) is 2.68. The SMILES string of the molecule is O=COCc1ccc(-c2coc(C3CCC3)n2)cn1. The van der Waals surface area contributed by atoms with Gasteiger partial charge >= 0.3 is 0 Å². The van der Waals surface area contributed by atoms with E-state index in [0.29, 0.717) is 18.1 Å². The van der Waals surface area contributed by atoms with Gasteiger partial charge in [0.2, 0.25) is 0 Å². The highest BCUT2D eigenvalue weighted by molar-refractivity contribution is 5.56. The van der Waals surface area contributed by atoms with Gasteiger partial charge in [-0.05, 0) is 25.0 Å². The van der Waals surface area contributed by atoms with Crippen molar-refractivity contribution in [3.8, 4) is 11.3 Å². The molecule has 0 radical (unpaired) electrons. The van der Waals surface area contributed by atoms with E-state index >= 15 is 0 Å². The molecule has 0 atom stereocenters. The Kier molecular flexibility index (Phi) is 3.27. The molecule has 0 bridgehead atoms. The van der Waals surface area contributed by atoms with Gasteiger partial charge in [0.1, 0.15) is 18.6 Å². The molecule has 2 aromatic rings. The summed E-state index contributed by atoms with van der Waals surface area (Å²) in [5, 5.41) is 0. The standard InChI is InChI=1S/C14H14N2O3/c17-9-18-7-12-5-4-11(6-15-12)13-8-19-14(16-13)10-2-1-3-10/h4-6,8-10H,1-3,7H2. The Morgan fingerprint density at radius 2 is 2.32 bits per heavy atom. The summed E-state index contributed by atoms with van der Waals surface area (Å²) in [6.07, 6.45) is 6.98. The van der Waals surface area contributed by atoms with Crippen molar-refractivity contribution in [3.63, 3.8) is 0 Å². The molecule has 3 rings (SSSR count). The number of aromatic nitrogens is 2.